The van der Waals surface area contributed by atoms with Crippen LogP contribution in [0.25, 0.3) is 0 Å². The van der Waals surface area contributed by atoms with Gasteiger partial charge >= 0.3 is 0 Å². The first-order valence-corrected chi connectivity index (χ1v) is 8.23. The Bertz CT molecular complexity index is 446. The van der Waals surface area contributed by atoms with Crippen LogP contribution in [0.5, 0.6) is 11.5 Å². The first-order chi connectivity index (χ1) is 10.7. The van der Waals surface area contributed by atoms with E-state index in [9.17, 15) is 4.79 Å². The van der Waals surface area contributed by atoms with Crippen LogP contribution >= 0.6 is 0 Å². The van der Waals surface area contributed by atoms with E-state index in [-0.39, 0.29) is 5.91 Å². The highest BCUT2D eigenvalue weighted by molar-refractivity contribution is 5.92. The number of unbranched alkanes of at least 4 members (excludes halogenated alkanes) is 6. The molecule has 0 aliphatic rings. The average molecular weight is 307 g/mol. The number of carbonyl (C=O) groups is 1. The summed E-state index contributed by atoms with van der Waals surface area (Å²) in [5.41, 5.74) is 0.662. The molecule has 1 amide bonds. The second-order valence-electron chi connectivity index (χ2n) is 5.49. The number of hydrogen-bond acceptors (Lipinski definition) is 3. The van der Waals surface area contributed by atoms with Crippen molar-refractivity contribution in [3.05, 3.63) is 18.2 Å². The Labute approximate surface area is 134 Å². The van der Waals surface area contributed by atoms with E-state index in [1.165, 1.54) is 32.1 Å². The Morgan fingerprint density at radius 3 is 2.32 bits per heavy atom. The summed E-state index contributed by atoms with van der Waals surface area (Å²) in [4.78, 5) is 12.0. The maximum Gasteiger partial charge on any atom is 0.224 e. The van der Waals surface area contributed by atoms with Gasteiger partial charge in [0.1, 0.15) is 11.5 Å². The molecule has 124 valence electrons. The van der Waals surface area contributed by atoms with Gasteiger partial charge in [-0.05, 0) is 18.6 Å². The van der Waals surface area contributed by atoms with E-state index >= 15 is 0 Å². The molecule has 1 rings (SSSR count). The van der Waals surface area contributed by atoms with Crippen LogP contribution in [0.2, 0.25) is 0 Å². The zero-order valence-corrected chi connectivity index (χ0v) is 14.1. The molecule has 0 aliphatic carbocycles. The van der Waals surface area contributed by atoms with Crippen molar-refractivity contribution in [3.8, 4) is 11.5 Å². The number of ether oxygens (including phenoxy) is 2. The third-order valence-electron chi connectivity index (χ3n) is 3.69. The van der Waals surface area contributed by atoms with Gasteiger partial charge in [-0.15, -0.1) is 0 Å². The molecule has 0 atom stereocenters. The van der Waals surface area contributed by atoms with Gasteiger partial charge < -0.3 is 14.8 Å². The second-order valence-corrected chi connectivity index (χ2v) is 5.49. The molecule has 0 heterocycles. The Kier molecular flexibility index (Phi) is 9.12. The molecule has 0 aromatic heterocycles. The first-order valence-electron chi connectivity index (χ1n) is 8.23. The quantitative estimate of drug-likeness (QED) is 0.598. The summed E-state index contributed by atoms with van der Waals surface area (Å²) < 4.78 is 10.4. The molecule has 0 fully saturated rings. The lowest BCUT2D eigenvalue weighted by Crippen LogP contribution is -2.12. The largest absolute Gasteiger partial charge is 0.497 e. The van der Waals surface area contributed by atoms with Crippen molar-refractivity contribution in [1.29, 1.82) is 0 Å². The second kappa shape index (κ2) is 10.9. The maximum absolute atomic E-state index is 12.0. The highest BCUT2D eigenvalue weighted by Gasteiger charge is 2.08. The fraction of sp³-hybridized carbons (Fsp3) is 0.611. The fourth-order valence-electron chi connectivity index (χ4n) is 2.37. The minimum Gasteiger partial charge on any atom is -0.497 e. The van der Waals surface area contributed by atoms with E-state index in [1.54, 1.807) is 26.4 Å². The topological polar surface area (TPSA) is 47.6 Å². The van der Waals surface area contributed by atoms with Gasteiger partial charge in [0.15, 0.2) is 0 Å². The third kappa shape index (κ3) is 6.83. The molecule has 22 heavy (non-hydrogen) atoms. The molecule has 4 heteroatoms. The normalized spacial score (nSPS) is 10.3. The molecular weight excluding hydrogens is 278 g/mol. The highest BCUT2D eigenvalue weighted by Crippen LogP contribution is 2.29. The first kappa shape index (κ1) is 18.3. The Morgan fingerprint density at radius 2 is 1.68 bits per heavy atom. The summed E-state index contributed by atoms with van der Waals surface area (Å²) in [6.45, 7) is 2.22. The smallest absolute Gasteiger partial charge is 0.224 e. The van der Waals surface area contributed by atoms with Gasteiger partial charge in [0.25, 0.3) is 0 Å². The molecule has 4 nitrogen and oxygen atoms in total. The SMILES string of the molecule is CCCCCCCCCC(=O)Nc1cc(OC)ccc1OC. The van der Waals surface area contributed by atoms with Gasteiger partial charge in [-0.3, -0.25) is 4.79 Å². The summed E-state index contributed by atoms with van der Waals surface area (Å²) >= 11 is 0. The summed E-state index contributed by atoms with van der Waals surface area (Å²) in [7, 11) is 3.19. The van der Waals surface area contributed by atoms with Crippen molar-refractivity contribution >= 4 is 11.6 Å². The number of benzene rings is 1. The van der Waals surface area contributed by atoms with E-state index in [0.29, 0.717) is 23.6 Å². The minimum absolute atomic E-state index is 0.0279. The monoisotopic (exact) mass is 307 g/mol. The number of anilines is 1. The van der Waals surface area contributed by atoms with Crippen molar-refractivity contribution < 1.29 is 14.3 Å². The molecule has 0 radical (unpaired) electrons. The number of methoxy groups -OCH3 is 2. The van der Waals surface area contributed by atoms with Gasteiger partial charge in [0.2, 0.25) is 5.91 Å². The number of hydrogen-bond donors (Lipinski definition) is 1. The molecule has 1 aromatic rings. The number of amides is 1. The van der Waals surface area contributed by atoms with Crippen LogP contribution in [0.3, 0.4) is 0 Å². The Hall–Kier alpha value is -1.71. The summed E-state index contributed by atoms with van der Waals surface area (Å²) in [6.07, 6.45) is 8.99. The molecule has 0 unspecified atom stereocenters. The van der Waals surface area contributed by atoms with Crippen LogP contribution in [-0.2, 0) is 4.79 Å². The summed E-state index contributed by atoms with van der Waals surface area (Å²) in [5, 5.41) is 2.90. The number of carbonyl (C=O) groups excluding carboxylic acids is 1. The van der Waals surface area contributed by atoms with Crippen LogP contribution in [-0.4, -0.2) is 20.1 Å². The van der Waals surface area contributed by atoms with E-state index in [1.807, 2.05) is 6.07 Å². The van der Waals surface area contributed by atoms with Gasteiger partial charge in [0, 0.05) is 12.5 Å². The Balaban J connectivity index is 2.32. The van der Waals surface area contributed by atoms with E-state index < -0.39 is 0 Å². The molecular formula is C18H29NO3. The van der Waals surface area contributed by atoms with Crippen LogP contribution in [0.1, 0.15) is 58.3 Å². The van der Waals surface area contributed by atoms with Gasteiger partial charge in [0.05, 0.1) is 19.9 Å². The highest BCUT2D eigenvalue weighted by atomic mass is 16.5. The van der Waals surface area contributed by atoms with Crippen molar-refractivity contribution in [3.63, 3.8) is 0 Å². The lowest BCUT2D eigenvalue weighted by Gasteiger charge is -2.11. The molecule has 0 spiro atoms. The molecule has 0 aliphatic heterocycles. The Morgan fingerprint density at radius 1 is 1.00 bits per heavy atom. The van der Waals surface area contributed by atoms with Crippen molar-refractivity contribution in [1.82, 2.24) is 0 Å². The van der Waals surface area contributed by atoms with E-state index in [2.05, 4.69) is 12.2 Å². The van der Waals surface area contributed by atoms with Crippen molar-refractivity contribution in [2.75, 3.05) is 19.5 Å². The summed E-state index contributed by atoms with van der Waals surface area (Å²) in [6, 6.07) is 5.38. The van der Waals surface area contributed by atoms with Crippen molar-refractivity contribution in [2.24, 2.45) is 0 Å². The van der Waals surface area contributed by atoms with Crippen LogP contribution < -0.4 is 14.8 Å². The van der Waals surface area contributed by atoms with Gasteiger partial charge in [-0.2, -0.15) is 0 Å². The zero-order valence-electron chi connectivity index (χ0n) is 14.1. The zero-order chi connectivity index (χ0) is 16.2. The van der Waals surface area contributed by atoms with Gasteiger partial charge in [-0.1, -0.05) is 45.4 Å². The third-order valence-corrected chi connectivity index (χ3v) is 3.69. The van der Waals surface area contributed by atoms with Gasteiger partial charge in [-0.25, -0.2) is 0 Å². The standard InChI is InChI=1S/C18H29NO3/c1-4-5-6-7-8-9-10-11-18(20)19-16-14-15(21-2)12-13-17(16)22-3/h12-14H,4-11H2,1-3H3,(H,19,20). The van der Waals surface area contributed by atoms with Crippen molar-refractivity contribution in [2.45, 2.75) is 58.3 Å². The predicted octanol–water partition coefficient (Wildman–Crippen LogP) is 4.78. The molecule has 1 aromatic carbocycles. The minimum atomic E-state index is 0.0279. The lowest BCUT2D eigenvalue weighted by molar-refractivity contribution is -0.116. The molecule has 0 saturated carbocycles. The van der Waals surface area contributed by atoms with Crippen LogP contribution in [0.15, 0.2) is 18.2 Å². The van der Waals surface area contributed by atoms with Crippen LogP contribution in [0, 0.1) is 0 Å². The molecule has 0 saturated heterocycles. The number of rotatable bonds is 11. The number of nitrogens with one attached hydrogen (secondary N) is 1. The maximum atomic E-state index is 12.0. The van der Waals surface area contributed by atoms with Crippen LogP contribution in [0.4, 0.5) is 5.69 Å². The fourth-order valence-corrected chi connectivity index (χ4v) is 2.37. The summed E-state index contributed by atoms with van der Waals surface area (Å²) in [5.74, 6) is 1.38. The lowest BCUT2D eigenvalue weighted by atomic mass is 10.1. The predicted molar refractivity (Wildman–Crippen MR) is 90.8 cm³/mol. The van der Waals surface area contributed by atoms with E-state index in [4.69, 9.17) is 9.47 Å². The van der Waals surface area contributed by atoms with E-state index in [0.717, 1.165) is 12.8 Å². The molecule has 1 N–H and O–H groups in total. The average Bonchev–Trinajstić information content (AvgIpc) is 2.54. The molecule has 0 bridgehead atoms.